The van der Waals surface area contributed by atoms with E-state index in [-0.39, 0.29) is 5.91 Å². The second kappa shape index (κ2) is 9.06. The molecule has 146 valence electrons. The molecule has 0 aliphatic heterocycles. The molecule has 0 aliphatic carbocycles. The maximum atomic E-state index is 12.5. The Morgan fingerprint density at radius 3 is 2.68 bits per heavy atom. The molecule has 0 atom stereocenters. The van der Waals surface area contributed by atoms with Crippen LogP contribution in [-0.4, -0.2) is 29.9 Å². The van der Waals surface area contributed by atoms with Gasteiger partial charge in [0.2, 0.25) is 5.91 Å². The van der Waals surface area contributed by atoms with Crippen LogP contribution in [0.15, 0.2) is 57.6 Å². The number of aromatic nitrogens is 1. The van der Waals surface area contributed by atoms with Gasteiger partial charge in [-0.15, -0.1) is 0 Å². The molecule has 0 bridgehead atoms. The van der Waals surface area contributed by atoms with E-state index < -0.39 is 0 Å². The maximum Gasteiger partial charge on any atom is 0.223 e. The number of ether oxygens (including phenoxy) is 1. The van der Waals surface area contributed by atoms with Crippen LogP contribution in [0.3, 0.4) is 0 Å². The lowest BCUT2D eigenvalue weighted by molar-refractivity contribution is -0.130. The van der Waals surface area contributed by atoms with Crippen molar-refractivity contribution >= 4 is 21.8 Å². The molecule has 1 aromatic heterocycles. The number of amides is 1. The van der Waals surface area contributed by atoms with Crippen molar-refractivity contribution in [3.8, 4) is 17.1 Å². The van der Waals surface area contributed by atoms with Crippen LogP contribution in [0.25, 0.3) is 11.3 Å². The molecule has 28 heavy (non-hydrogen) atoms. The molecule has 5 nitrogen and oxygen atoms in total. The van der Waals surface area contributed by atoms with Gasteiger partial charge in [0, 0.05) is 42.0 Å². The van der Waals surface area contributed by atoms with Gasteiger partial charge in [-0.25, -0.2) is 4.98 Å². The first-order valence-corrected chi connectivity index (χ1v) is 9.83. The van der Waals surface area contributed by atoms with Crippen LogP contribution in [0.5, 0.6) is 5.75 Å². The zero-order valence-electron chi connectivity index (χ0n) is 16.2. The van der Waals surface area contributed by atoms with Gasteiger partial charge in [0.25, 0.3) is 0 Å². The van der Waals surface area contributed by atoms with E-state index in [1.165, 1.54) is 5.56 Å². The van der Waals surface area contributed by atoms with Gasteiger partial charge in [0.1, 0.15) is 5.75 Å². The Balaban J connectivity index is 1.58. The van der Waals surface area contributed by atoms with Gasteiger partial charge in [-0.3, -0.25) is 4.79 Å². The van der Waals surface area contributed by atoms with Crippen molar-refractivity contribution in [1.82, 2.24) is 9.88 Å². The number of aryl methyl sites for hydroxylation is 2. The first-order chi connectivity index (χ1) is 13.5. The minimum atomic E-state index is 0.0251. The van der Waals surface area contributed by atoms with Crippen molar-refractivity contribution in [2.45, 2.75) is 26.3 Å². The molecule has 3 rings (SSSR count). The van der Waals surface area contributed by atoms with Crippen LogP contribution in [-0.2, 0) is 17.8 Å². The molecule has 0 aliphatic rings. The number of halogens is 1. The van der Waals surface area contributed by atoms with Gasteiger partial charge < -0.3 is 14.1 Å². The zero-order chi connectivity index (χ0) is 20.1. The van der Waals surface area contributed by atoms with E-state index in [4.69, 9.17) is 9.15 Å². The molecule has 0 saturated carbocycles. The van der Waals surface area contributed by atoms with Crippen LogP contribution >= 0.6 is 15.9 Å². The van der Waals surface area contributed by atoms with Crippen molar-refractivity contribution in [2.24, 2.45) is 0 Å². The summed E-state index contributed by atoms with van der Waals surface area (Å²) in [5.74, 6) is 2.07. The SMILES string of the molecule is COc1ccc(Br)cc1CN(C)C(=O)CCc1ncc(-c2ccc(C)cc2)o1. The summed E-state index contributed by atoms with van der Waals surface area (Å²) in [6.45, 7) is 2.52. The van der Waals surface area contributed by atoms with Crippen LogP contribution < -0.4 is 4.74 Å². The molecule has 0 spiro atoms. The summed E-state index contributed by atoms with van der Waals surface area (Å²) in [6, 6.07) is 13.8. The molecule has 0 saturated heterocycles. The highest BCUT2D eigenvalue weighted by atomic mass is 79.9. The lowest BCUT2D eigenvalue weighted by Crippen LogP contribution is -2.26. The number of oxazole rings is 1. The molecule has 2 aromatic carbocycles. The van der Waals surface area contributed by atoms with E-state index in [0.717, 1.165) is 27.1 Å². The standard InChI is InChI=1S/C22H23BrN2O3/c1-15-4-6-16(7-5-15)20-13-24-21(28-20)10-11-22(26)25(2)14-17-12-18(23)8-9-19(17)27-3/h4-9,12-13H,10-11,14H2,1-3H3. The Kier molecular flexibility index (Phi) is 6.52. The first kappa shape index (κ1) is 20.1. The van der Waals surface area contributed by atoms with E-state index in [2.05, 4.69) is 20.9 Å². The number of carbonyl (C=O) groups excluding carboxylic acids is 1. The second-order valence-corrected chi connectivity index (χ2v) is 7.61. The van der Waals surface area contributed by atoms with E-state index in [1.807, 2.05) is 49.4 Å². The summed E-state index contributed by atoms with van der Waals surface area (Å²) >= 11 is 3.46. The van der Waals surface area contributed by atoms with Crippen molar-refractivity contribution < 1.29 is 13.9 Å². The highest BCUT2D eigenvalue weighted by Gasteiger charge is 2.14. The topological polar surface area (TPSA) is 55.6 Å². The van der Waals surface area contributed by atoms with Gasteiger partial charge in [-0.1, -0.05) is 45.8 Å². The maximum absolute atomic E-state index is 12.5. The number of hydrogen-bond acceptors (Lipinski definition) is 4. The fourth-order valence-electron chi connectivity index (χ4n) is 2.90. The van der Waals surface area contributed by atoms with Gasteiger partial charge in [-0.05, 0) is 25.1 Å². The number of nitrogens with zero attached hydrogens (tertiary/aromatic N) is 2. The Morgan fingerprint density at radius 1 is 1.21 bits per heavy atom. The molecule has 0 N–H and O–H groups in total. The van der Waals surface area contributed by atoms with Crippen molar-refractivity contribution in [3.63, 3.8) is 0 Å². The third-order valence-electron chi connectivity index (χ3n) is 4.52. The zero-order valence-corrected chi connectivity index (χ0v) is 17.8. The minimum absolute atomic E-state index is 0.0251. The molecular formula is C22H23BrN2O3. The van der Waals surface area contributed by atoms with Gasteiger partial charge in [-0.2, -0.15) is 0 Å². The smallest absolute Gasteiger partial charge is 0.223 e. The molecule has 1 heterocycles. The summed E-state index contributed by atoms with van der Waals surface area (Å²) in [4.78, 5) is 18.5. The number of rotatable bonds is 7. The number of hydrogen-bond donors (Lipinski definition) is 0. The van der Waals surface area contributed by atoms with Crippen molar-refractivity contribution in [2.75, 3.05) is 14.2 Å². The molecule has 1 amide bonds. The van der Waals surface area contributed by atoms with E-state index in [9.17, 15) is 4.79 Å². The third kappa shape index (κ3) is 5.01. The Hall–Kier alpha value is -2.60. The molecule has 0 unspecified atom stereocenters. The average Bonchev–Trinajstić information content (AvgIpc) is 3.16. The van der Waals surface area contributed by atoms with Crippen molar-refractivity contribution in [3.05, 3.63) is 70.2 Å². The number of benzene rings is 2. The summed E-state index contributed by atoms with van der Waals surface area (Å²) in [7, 11) is 3.42. The second-order valence-electron chi connectivity index (χ2n) is 6.69. The normalized spacial score (nSPS) is 10.7. The fraction of sp³-hybridized carbons (Fsp3) is 0.273. The average molecular weight is 443 g/mol. The van der Waals surface area contributed by atoms with Gasteiger partial charge in [0.05, 0.1) is 13.3 Å². The molecule has 0 radical (unpaired) electrons. The van der Waals surface area contributed by atoms with Gasteiger partial charge >= 0.3 is 0 Å². The predicted octanol–water partition coefficient (Wildman–Crippen LogP) is 5.01. The number of carbonyl (C=O) groups is 1. The van der Waals surface area contributed by atoms with E-state index in [0.29, 0.717) is 25.3 Å². The van der Waals surface area contributed by atoms with Crippen LogP contribution in [0.2, 0.25) is 0 Å². The van der Waals surface area contributed by atoms with Crippen LogP contribution in [0.1, 0.15) is 23.4 Å². The lowest BCUT2D eigenvalue weighted by atomic mass is 10.1. The monoisotopic (exact) mass is 442 g/mol. The number of methoxy groups -OCH3 is 1. The fourth-order valence-corrected chi connectivity index (χ4v) is 3.30. The van der Waals surface area contributed by atoms with E-state index in [1.54, 1.807) is 25.3 Å². The lowest BCUT2D eigenvalue weighted by Gasteiger charge is -2.19. The van der Waals surface area contributed by atoms with E-state index >= 15 is 0 Å². The Bertz CT molecular complexity index is 951. The van der Waals surface area contributed by atoms with Crippen LogP contribution in [0.4, 0.5) is 0 Å². The first-order valence-electron chi connectivity index (χ1n) is 9.04. The molecule has 0 fully saturated rings. The van der Waals surface area contributed by atoms with Gasteiger partial charge in [0.15, 0.2) is 11.7 Å². The summed E-state index contributed by atoms with van der Waals surface area (Å²) in [5.41, 5.74) is 3.12. The molecule has 6 heteroatoms. The molecular weight excluding hydrogens is 420 g/mol. The predicted molar refractivity (Wildman–Crippen MR) is 112 cm³/mol. The molecule has 3 aromatic rings. The Morgan fingerprint density at radius 2 is 1.96 bits per heavy atom. The minimum Gasteiger partial charge on any atom is -0.496 e. The summed E-state index contributed by atoms with van der Waals surface area (Å²) in [6.07, 6.45) is 2.51. The quantitative estimate of drug-likeness (QED) is 0.515. The Labute approximate surface area is 173 Å². The summed E-state index contributed by atoms with van der Waals surface area (Å²) < 4.78 is 12.1. The highest BCUT2D eigenvalue weighted by molar-refractivity contribution is 9.10. The largest absolute Gasteiger partial charge is 0.496 e. The highest BCUT2D eigenvalue weighted by Crippen LogP contribution is 2.25. The third-order valence-corrected chi connectivity index (χ3v) is 5.01. The summed E-state index contributed by atoms with van der Waals surface area (Å²) in [5, 5.41) is 0. The van der Waals surface area contributed by atoms with Crippen molar-refractivity contribution in [1.29, 1.82) is 0 Å². The van der Waals surface area contributed by atoms with Crippen LogP contribution in [0, 0.1) is 6.92 Å².